The minimum Gasteiger partial charge on any atom is -0.309 e. The predicted octanol–water partition coefficient (Wildman–Crippen LogP) is 14.2. The van der Waals surface area contributed by atoms with Crippen molar-refractivity contribution in [2.45, 2.75) is 6.42 Å². The highest BCUT2D eigenvalue weighted by molar-refractivity contribution is 6.09. The zero-order valence-corrected chi connectivity index (χ0v) is 31.8. The van der Waals surface area contributed by atoms with Gasteiger partial charge in [0, 0.05) is 33.2 Å². The summed E-state index contributed by atoms with van der Waals surface area (Å²) in [4.78, 5) is 10.6. The summed E-state index contributed by atoms with van der Waals surface area (Å²) >= 11 is 0. The fourth-order valence-corrected chi connectivity index (χ4v) is 8.79. The summed E-state index contributed by atoms with van der Waals surface area (Å²) in [6, 6.07) is 69.3. The lowest BCUT2D eigenvalue weighted by Crippen LogP contribution is -2.00. The standard InChI is InChI=1S/C55H37N3/c1-3-16-37(17-4-1)43-22-8-7-18-39-21-15-27-49(54(39)43)51-36-50(56-55(57-51)40-19-5-2-6-20-40)46-35-34-42(44-23-9-10-24-45(44)46)38-30-32-41(33-31-38)58-52-28-13-11-25-47(52)48-26-12-14-29-53(48)58/h1-7,9-36H,8H2. The van der Waals surface area contributed by atoms with Gasteiger partial charge in [-0.05, 0) is 80.9 Å². The first-order chi connectivity index (χ1) is 28.8. The fourth-order valence-electron chi connectivity index (χ4n) is 8.79. The van der Waals surface area contributed by atoms with Crippen LogP contribution in [-0.2, 0) is 0 Å². The summed E-state index contributed by atoms with van der Waals surface area (Å²) in [5.41, 5.74) is 15.6. The van der Waals surface area contributed by atoms with Crippen LogP contribution in [0.15, 0.2) is 206 Å². The molecule has 0 spiro atoms. The maximum absolute atomic E-state index is 5.31. The van der Waals surface area contributed by atoms with Crippen LogP contribution in [0.4, 0.5) is 0 Å². The second-order valence-corrected chi connectivity index (χ2v) is 14.8. The lowest BCUT2D eigenvalue weighted by molar-refractivity contribution is 1.18. The summed E-state index contributed by atoms with van der Waals surface area (Å²) in [5.74, 6) is 0.703. The van der Waals surface area contributed by atoms with Gasteiger partial charge in [0.25, 0.3) is 0 Å². The van der Waals surface area contributed by atoms with E-state index in [1.54, 1.807) is 0 Å². The Hall–Kier alpha value is -7.62. The first-order valence-electron chi connectivity index (χ1n) is 19.9. The highest BCUT2D eigenvalue weighted by atomic mass is 15.0. The number of benzene rings is 8. The van der Waals surface area contributed by atoms with Gasteiger partial charge in [-0.15, -0.1) is 0 Å². The van der Waals surface area contributed by atoms with Gasteiger partial charge in [-0.2, -0.15) is 0 Å². The summed E-state index contributed by atoms with van der Waals surface area (Å²) in [6.45, 7) is 0. The Kier molecular flexibility index (Phi) is 8.22. The van der Waals surface area contributed by atoms with Gasteiger partial charge in [-0.25, -0.2) is 9.97 Å². The molecule has 0 unspecified atom stereocenters. The van der Waals surface area contributed by atoms with Crippen molar-refractivity contribution in [2.24, 2.45) is 0 Å². The molecule has 0 amide bonds. The monoisotopic (exact) mass is 739 g/mol. The Balaban J connectivity index is 1.06. The molecule has 8 aromatic carbocycles. The third-order valence-corrected chi connectivity index (χ3v) is 11.5. The van der Waals surface area contributed by atoms with Crippen molar-refractivity contribution >= 4 is 44.2 Å². The van der Waals surface area contributed by atoms with E-state index < -0.39 is 0 Å². The molecule has 2 heterocycles. The number of allylic oxidation sites excluding steroid dienone is 2. The summed E-state index contributed by atoms with van der Waals surface area (Å²) in [6.07, 6.45) is 7.69. The molecule has 0 saturated carbocycles. The normalized spacial score (nSPS) is 12.4. The minimum atomic E-state index is 0.703. The molecule has 0 saturated heterocycles. The molecule has 0 aliphatic heterocycles. The van der Waals surface area contributed by atoms with E-state index in [0.717, 1.165) is 45.6 Å². The zero-order valence-electron chi connectivity index (χ0n) is 31.8. The molecular formula is C55H37N3. The van der Waals surface area contributed by atoms with Gasteiger partial charge in [0.05, 0.1) is 22.4 Å². The van der Waals surface area contributed by atoms with Crippen molar-refractivity contribution < 1.29 is 0 Å². The molecule has 2 aromatic heterocycles. The van der Waals surface area contributed by atoms with Gasteiger partial charge in [0.15, 0.2) is 5.82 Å². The predicted molar refractivity (Wildman–Crippen MR) is 243 cm³/mol. The molecule has 0 fully saturated rings. The third-order valence-electron chi connectivity index (χ3n) is 11.5. The molecule has 1 aliphatic carbocycles. The van der Waals surface area contributed by atoms with Crippen molar-refractivity contribution in [1.29, 1.82) is 0 Å². The number of rotatable bonds is 6. The van der Waals surface area contributed by atoms with E-state index in [0.29, 0.717) is 5.82 Å². The molecular weight excluding hydrogens is 703 g/mol. The average molecular weight is 740 g/mol. The highest BCUT2D eigenvalue weighted by Crippen LogP contribution is 2.41. The fraction of sp³-hybridized carbons (Fsp3) is 0.0182. The molecule has 3 heteroatoms. The summed E-state index contributed by atoms with van der Waals surface area (Å²) in [7, 11) is 0. The number of fused-ring (bicyclic) bond motifs is 5. The van der Waals surface area contributed by atoms with Crippen LogP contribution in [0.5, 0.6) is 0 Å². The largest absolute Gasteiger partial charge is 0.309 e. The van der Waals surface area contributed by atoms with E-state index in [9.17, 15) is 0 Å². The number of para-hydroxylation sites is 2. The van der Waals surface area contributed by atoms with Crippen molar-refractivity contribution in [3.05, 3.63) is 223 Å². The number of nitrogens with zero attached hydrogens (tertiary/aromatic N) is 3. The van der Waals surface area contributed by atoms with Crippen LogP contribution < -0.4 is 0 Å². The first-order valence-corrected chi connectivity index (χ1v) is 19.9. The highest BCUT2D eigenvalue weighted by Gasteiger charge is 2.21. The molecule has 10 aromatic rings. The van der Waals surface area contributed by atoms with Crippen LogP contribution in [0.2, 0.25) is 0 Å². The van der Waals surface area contributed by atoms with E-state index in [2.05, 4.69) is 211 Å². The molecule has 11 rings (SSSR count). The van der Waals surface area contributed by atoms with Gasteiger partial charge in [0.2, 0.25) is 0 Å². The minimum absolute atomic E-state index is 0.703. The molecule has 272 valence electrons. The van der Waals surface area contributed by atoms with E-state index in [1.807, 2.05) is 6.07 Å². The van der Waals surface area contributed by atoms with E-state index in [4.69, 9.17) is 9.97 Å². The van der Waals surface area contributed by atoms with Gasteiger partial charge in [-0.1, -0.05) is 182 Å². The Morgan fingerprint density at radius 2 is 0.983 bits per heavy atom. The average Bonchev–Trinajstić information content (AvgIpc) is 3.47. The van der Waals surface area contributed by atoms with Crippen LogP contribution in [0.25, 0.3) is 94.9 Å². The van der Waals surface area contributed by atoms with E-state index >= 15 is 0 Å². The third kappa shape index (κ3) is 5.75. The van der Waals surface area contributed by atoms with Gasteiger partial charge < -0.3 is 4.57 Å². The Morgan fingerprint density at radius 3 is 1.67 bits per heavy atom. The molecule has 0 atom stereocenters. The van der Waals surface area contributed by atoms with E-state index in [-0.39, 0.29) is 0 Å². The van der Waals surface area contributed by atoms with Crippen LogP contribution in [0.1, 0.15) is 23.1 Å². The van der Waals surface area contributed by atoms with E-state index in [1.165, 1.54) is 60.6 Å². The second-order valence-electron chi connectivity index (χ2n) is 14.8. The summed E-state index contributed by atoms with van der Waals surface area (Å²) < 4.78 is 2.37. The lowest BCUT2D eigenvalue weighted by Gasteiger charge is -2.18. The maximum atomic E-state index is 5.31. The van der Waals surface area contributed by atoms with Gasteiger partial charge >= 0.3 is 0 Å². The molecule has 0 N–H and O–H groups in total. The SMILES string of the molecule is C1=Cc2cccc(-c3cc(-c4ccc(-c5ccc(-n6c7ccccc7c7ccccc76)cc5)c5ccccc45)nc(-c4ccccc4)n3)c2C(c2ccccc2)=CC1. The number of aromatic nitrogens is 3. The van der Waals surface area contributed by atoms with Crippen molar-refractivity contribution in [3.63, 3.8) is 0 Å². The van der Waals surface area contributed by atoms with Crippen molar-refractivity contribution in [2.75, 3.05) is 0 Å². The Bertz CT molecular complexity index is 3170. The van der Waals surface area contributed by atoms with Crippen LogP contribution in [0, 0.1) is 0 Å². The maximum Gasteiger partial charge on any atom is 0.160 e. The molecule has 0 bridgehead atoms. The number of hydrogen-bond acceptors (Lipinski definition) is 2. The Labute approximate surface area is 337 Å². The number of hydrogen-bond donors (Lipinski definition) is 0. The van der Waals surface area contributed by atoms with Crippen LogP contribution in [-0.4, -0.2) is 14.5 Å². The van der Waals surface area contributed by atoms with Crippen LogP contribution in [0.3, 0.4) is 0 Å². The second kappa shape index (κ2) is 14.1. The molecule has 58 heavy (non-hydrogen) atoms. The first kappa shape index (κ1) is 33.7. The quantitative estimate of drug-likeness (QED) is 0.170. The smallest absolute Gasteiger partial charge is 0.160 e. The topological polar surface area (TPSA) is 30.7 Å². The summed E-state index contributed by atoms with van der Waals surface area (Å²) in [5, 5.41) is 4.85. The molecule has 3 nitrogen and oxygen atoms in total. The van der Waals surface area contributed by atoms with Gasteiger partial charge in [0.1, 0.15) is 0 Å². The zero-order chi connectivity index (χ0) is 38.4. The lowest BCUT2D eigenvalue weighted by atomic mass is 9.88. The van der Waals surface area contributed by atoms with Crippen molar-refractivity contribution in [1.82, 2.24) is 14.5 Å². The van der Waals surface area contributed by atoms with Crippen LogP contribution >= 0.6 is 0 Å². The Morgan fingerprint density at radius 1 is 0.414 bits per heavy atom. The van der Waals surface area contributed by atoms with Gasteiger partial charge in [-0.3, -0.25) is 0 Å². The molecule has 0 radical (unpaired) electrons. The van der Waals surface area contributed by atoms with Crippen molar-refractivity contribution in [3.8, 4) is 50.7 Å². The molecule has 1 aliphatic rings.